The summed E-state index contributed by atoms with van der Waals surface area (Å²) in [5.74, 6) is -3.46. The van der Waals surface area contributed by atoms with Crippen LogP contribution in [0.5, 0.6) is 0 Å². The smallest absolute Gasteiger partial charge is 0.340 e. The van der Waals surface area contributed by atoms with Gasteiger partial charge in [-0.25, -0.2) is 4.79 Å². The van der Waals surface area contributed by atoms with Gasteiger partial charge in [-0.2, -0.15) is 8.78 Å². The number of rotatable bonds is 8. The van der Waals surface area contributed by atoms with Crippen molar-refractivity contribution in [2.45, 2.75) is 10.7 Å². The second-order valence-corrected chi connectivity index (χ2v) is 6.74. The fraction of sp³-hybridized carbons (Fsp3) is 0.100. The summed E-state index contributed by atoms with van der Waals surface area (Å²) in [7, 11) is 0. The number of hydrogen-bond acceptors (Lipinski definition) is 6. The number of esters is 1. The number of benzene rings is 2. The Hall–Kier alpha value is -3.33. The zero-order valence-corrected chi connectivity index (χ0v) is 15.7. The van der Waals surface area contributed by atoms with Gasteiger partial charge in [-0.05, 0) is 42.5 Å². The van der Waals surface area contributed by atoms with Gasteiger partial charge in [-0.1, -0.05) is 23.9 Å². The van der Waals surface area contributed by atoms with E-state index in [1.54, 1.807) is 60.7 Å². The number of alkyl halides is 2. The second-order valence-electron chi connectivity index (χ2n) is 5.68. The summed E-state index contributed by atoms with van der Waals surface area (Å²) < 4.78 is 34.9. The molecule has 6 nitrogen and oxygen atoms in total. The van der Waals surface area contributed by atoms with Crippen LogP contribution in [-0.4, -0.2) is 24.2 Å². The second kappa shape index (κ2) is 9.74. The van der Waals surface area contributed by atoms with E-state index in [0.29, 0.717) is 28.0 Å². The molecular formula is C20H16F2N2O4S. The van der Waals surface area contributed by atoms with E-state index in [1.807, 2.05) is 0 Å². The molecule has 150 valence electrons. The number of carbonyl (C=O) groups excluding carboxylic acids is 2. The predicted octanol–water partition coefficient (Wildman–Crippen LogP) is 5.13. The van der Waals surface area contributed by atoms with Gasteiger partial charge in [0.05, 0.1) is 17.5 Å². The van der Waals surface area contributed by atoms with Crippen LogP contribution in [0.1, 0.15) is 10.4 Å². The van der Waals surface area contributed by atoms with E-state index in [4.69, 9.17) is 9.15 Å². The van der Waals surface area contributed by atoms with Gasteiger partial charge in [-0.15, -0.1) is 0 Å². The van der Waals surface area contributed by atoms with Crippen molar-refractivity contribution in [3.8, 4) is 0 Å². The molecule has 2 N–H and O–H groups in total. The van der Waals surface area contributed by atoms with Gasteiger partial charge in [0.25, 0.3) is 11.7 Å². The van der Waals surface area contributed by atoms with Gasteiger partial charge in [-0.3, -0.25) is 10.1 Å². The third-order valence-corrected chi connectivity index (χ3v) is 4.35. The number of ether oxygens (including phenoxy) is 1. The van der Waals surface area contributed by atoms with Gasteiger partial charge in [0.2, 0.25) is 0 Å². The van der Waals surface area contributed by atoms with Gasteiger partial charge in [0, 0.05) is 16.6 Å². The Morgan fingerprint density at radius 1 is 1.03 bits per heavy atom. The number of halogens is 2. The number of nitrogens with one attached hydrogen (secondary N) is 2. The molecular weight excluding hydrogens is 402 g/mol. The van der Waals surface area contributed by atoms with Crippen molar-refractivity contribution in [1.29, 1.82) is 0 Å². The normalized spacial score (nSPS) is 10.6. The first-order valence-corrected chi connectivity index (χ1v) is 9.30. The molecule has 9 heteroatoms. The summed E-state index contributed by atoms with van der Waals surface area (Å²) in [5.41, 5.74) is 1.29. The van der Waals surface area contributed by atoms with Crippen LogP contribution in [0.2, 0.25) is 0 Å². The number of thioether (sulfide) groups is 1. The maximum absolute atomic E-state index is 12.4. The largest absolute Gasteiger partial charge is 0.452 e. The summed E-state index contributed by atoms with van der Waals surface area (Å²) in [6.45, 7) is -0.479. The summed E-state index contributed by atoms with van der Waals surface area (Å²) in [4.78, 5) is 24.6. The van der Waals surface area contributed by atoms with E-state index in [0.717, 1.165) is 0 Å². The molecule has 0 atom stereocenters. The Bertz CT molecular complexity index is 963. The minimum atomic E-state index is -2.49. The van der Waals surface area contributed by atoms with Crippen molar-refractivity contribution < 1.29 is 27.5 Å². The first kappa shape index (κ1) is 20.4. The predicted molar refractivity (Wildman–Crippen MR) is 106 cm³/mol. The molecule has 0 saturated carbocycles. The Kier molecular flexibility index (Phi) is 6.85. The Labute approximate surface area is 169 Å². The van der Waals surface area contributed by atoms with Crippen LogP contribution in [0.4, 0.5) is 26.0 Å². The SMILES string of the molecule is O=C(COC(=O)c1ccccc1Nc1ccc(SC(F)F)cc1)Nc1ccco1. The van der Waals surface area contributed by atoms with Crippen molar-refractivity contribution >= 4 is 40.9 Å². The third kappa shape index (κ3) is 6.08. The molecule has 3 rings (SSSR count). The molecule has 1 aromatic heterocycles. The van der Waals surface area contributed by atoms with Gasteiger partial charge in [0.1, 0.15) is 0 Å². The minimum absolute atomic E-state index is 0.226. The highest BCUT2D eigenvalue weighted by molar-refractivity contribution is 7.99. The number of carbonyl (C=O) groups is 2. The fourth-order valence-corrected chi connectivity index (χ4v) is 2.88. The molecule has 2 aromatic carbocycles. The highest BCUT2D eigenvalue weighted by Crippen LogP contribution is 2.28. The van der Waals surface area contributed by atoms with E-state index in [-0.39, 0.29) is 11.4 Å². The molecule has 0 radical (unpaired) electrons. The molecule has 0 spiro atoms. The maximum atomic E-state index is 12.4. The average Bonchev–Trinajstić information content (AvgIpc) is 3.20. The highest BCUT2D eigenvalue weighted by Gasteiger charge is 2.15. The first-order valence-electron chi connectivity index (χ1n) is 8.42. The van der Waals surface area contributed by atoms with Gasteiger partial charge in [0.15, 0.2) is 12.5 Å². The fourth-order valence-electron chi connectivity index (χ4n) is 2.38. The van der Waals surface area contributed by atoms with Crippen molar-refractivity contribution in [2.75, 3.05) is 17.2 Å². The van der Waals surface area contributed by atoms with Gasteiger partial charge < -0.3 is 14.5 Å². The molecule has 0 fully saturated rings. The van der Waals surface area contributed by atoms with Crippen molar-refractivity contribution in [3.63, 3.8) is 0 Å². The van der Waals surface area contributed by atoms with Crippen LogP contribution < -0.4 is 10.6 Å². The van der Waals surface area contributed by atoms with Crippen LogP contribution in [0.25, 0.3) is 0 Å². The summed E-state index contributed by atoms with van der Waals surface area (Å²) >= 11 is 0.452. The van der Waals surface area contributed by atoms with Gasteiger partial charge >= 0.3 is 5.97 Å². The monoisotopic (exact) mass is 418 g/mol. The number of hydrogen-bond donors (Lipinski definition) is 2. The number of anilines is 3. The molecule has 0 saturated heterocycles. The zero-order chi connectivity index (χ0) is 20.6. The molecule has 0 aliphatic carbocycles. The maximum Gasteiger partial charge on any atom is 0.340 e. The summed E-state index contributed by atoms with van der Waals surface area (Å²) in [5, 5.41) is 5.49. The lowest BCUT2D eigenvalue weighted by atomic mass is 10.1. The topological polar surface area (TPSA) is 80.6 Å². The molecule has 0 aliphatic rings. The Balaban J connectivity index is 1.62. The van der Waals surface area contributed by atoms with E-state index >= 15 is 0 Å². The zero-order valence-electron chi connectivity index (χ0n) is 14.9. The number of amides is 1. The van der Waals surface area contributed by atoms with Crippen LogP contribution in [0.15, 0.2) is 76.2 Å². The van der Waals surface area contributed by atoms with E-state index in [2.05, 4.69) is 10.6 Å². The lowest BCUT2D eigenvalue weighted by Gasteiger charge is -2.12. The van der Waals surface area contributed by atoms with Crippen LogP contribution >= 0.6 is 11.8 Å². The van der Waals surface area contributed by atoms with Crippen molar-refractivity contribution in [2.24, 2.45) is 0 Å². The van der Waals surface area contributed by atoms with E-state index < -0.39 is 24.2 Å². The lowest BCUT2D eigenvalue weighted by Crippen LogP contribution is -2.21. The van der Waals surface area contributed by atoms with Crippen molar-refractivity contribution in [1.82, 2.24) is 0 Å². The standard InChI is InChI=1S/C20H16F2N2O4S/c21-20(22)29-14-9-7-13(8-10-14)23-16-5-2-1-4-15(16)19(26)28-12-17(25)24-18-6-3-11-27-18/h1-11,20,23H,12H2,(H,24,25). The number of para-hydroxylation sites is 1. The average molecular weight is 418 g/mol. The molecule has 29 heavy (non-hydrogen) atoms. The molecule has 0 bridgehead atoms. The Morgan fingerprint density at radius 2 is 1.79 bits per heavy atom. The van der Waals surface area contributed by atoms with E-state index in [9.17, 15) is 18.4 Å². The van der Waals surface area contributed by atoms with E-state index in [1.165, 1.54) is 6.26 Å². The van der Waals surface area contributed by atoms with Crippen LogP contribution in [-0.2, 0) is 9.53 Å². The molecule has 1 amide bonds. The van der Waals surface area contributed by atoms with Crippen LogP contribution in [0, 0.1) is 0 Å². The summed E-state index contributed by atoms with van der Waals surface area (Å²) in [6, 6.07) is 16.1. The molecule has 3 aromatic rings. The molecule has 0 unspecified atom stereocenters. The molecule has 1 heterocycles. The summed E-state index contributed by atoms with van der Waals surface area (Å²) in [6.07, 6.45) is 1.41. The lowest BCUT2D eigenvalue weighted by molar-refractivity contribution is -0.119. The van der Waals surface area contributed by atoms with Crippen molar-refractivity contribution in [3.05, 3.63) is 72.5 Å². The van der Waals surface area contributed by atoms with Crippen LogP contribution in [0.3, 0.4) is 0 Å². The number of furan rings is 1. The molecule has 0 aliphatic heterocycles. The quantitative estimate of drug-likeness (QED) is 0.390. The highest BCUT2D eigenvalue weighted by atomic mass is 32.2. The first-order chi connectivity index (χ1) is 14.0. The Morgan fingerprint density at radius 3 is 2.48 bits per heavy atom. The minimum Gasteiger partial charge on any atom is -0.452 e. The third-order valence-electron chi connectivity index (χ3n) is 3.62.